The maximum Gasteiger partial charge on any atom is 0.269 e. The summed E-state index contributed by atoms with van der Waals surface area (Å²) in [5.41, 5.74) is 7.66. The largest absolute Gasteiger partial charge is 0.364 e. The Morgan fingerprint density at radius 1 is 1.05 bits per heavy atom. The van der Waals surface area contributed by atoms with Crippen molar-refractivity contribution < 1.29 is 23.6 Å². The molecule has 9 nitrogen and oxygen atoms in total. The predicted octanol–water partition coefficient (Wildman–Crippen LogP) is 4.05. The van der Waals surface area contributed by atoms with Crippen molar-refractivity contribution in [3.8, 4) is 0 Å². The lowest BCUT2D eigenvalue weighted by Gasteiger charge is -2.22. The summed E-state index contributed by atoms with van der Waals surface area (Å²) in [4.78, 5) is 52.7. The zero-order valence-corrected chi connectivity index (χ0v) is 23.4. The van der Waals surface area contributed by atoms with Gasteiger partial charge in [0.05, 0.1) is 17.1 Å². The molecule has 0 spiro atoms. The molecule has 3 N–H and O–H groups in total. The number of aryl methyl sites for hydroxylation is 1. The fourth-order valence-corrected chi connectivity index (χ4v) is 5.01. The van der Waals surface area contributed by atoms with E-state index in [-0.39, 0.29) is 60.1 Å². The minimum atomic E-state index is -0.763. The minimum Gasteiger partial charge on any atom is -0.364 e. The SMILES string of the molecule is NC(=O)c1nn(CC(=O)N(CC(=O)NCc2cccc(Cl)c2F)C2CC2)c2cc(C(=O)CCc3ccccc3)ccc12. The summed E-state index contributed by atoms with van der Waals surface area (Å²) in [6.45, 7) is -0.570. The summed E-state index contributed by atoms with van der Waals surface area (Å²) < 4.78 is 15.5. The lowest BCUT2D eigenvalue weighted by molar-refractivity contribution is -0.137. The maximum absolute atomic E-state index is 14.2. The van der Waals surface area contributed by atoms with Gasteiger partial charge in [0.15, 0.2) is 11.5 Å². The van der Waals surface area contributed by atoms with Crippen LogP contribution in [-0.2, 0) is 29.1 Å². The predicted molar refractivity (Wildman–Crippen MR) is 155 cm³/mol. The van der Waals surface area contributed by atoms with Crippen molar-refractivity contribution in [2.24, 2.45) is 5.73 Å². The normalized spacial score (nSPS) is 12.7. The second kappa shape index (κ2) is 12.5. The lowest BCUT2D eigenvalue weighted by atomic mass is 10.0. The first-order valence-corrected chi connectivity index (χ1v) is 14.0. The third-order valence-corrected chi connectivity index (χ3v) is 7.50. The lowest BCUT2D eigenvalue weighted by Crippen LogP contribution is -2.43. The van der Waals surface area contributed by atoms with E-state index in [9.17, 15) is 23.6 Å². The van der Waals surface area contributed by atoms with Crippen molar-refractivity contribution in [3.63, 3.8) is 0 Å². The summed E-state index contributed by atoms with van der Waals surface area (Å²) in [6.07, 6.45) is 2.35. The fourth-order valence-electron chi connectivity index (χ4n) is 4.81. The average molecular weight is 590 g/mol. The summed E-state index contributed by atoms with van der Waals surface area (Å²) >= 11 is 5.82. The Morgan fingerprint density at radius 3 is 2.52 bits per heavy atom. The summed E-state index contributed by atoms with van der Waals surface area (Å²) in [5, 5.41) is 7.31. The Kier molecular flexibility index (Phi) is 8.63. The molecule has 0 radical (unpaired) electrons. The number of carbonyl (C=O) groups is 4. The molecule has 1 aliphatic rings. The molecule has 216 valence electrons. The third-order valence-electron chi connectivity index (χ3n) is 7.21. The molecule has 5 rings (SSSR count). The van der Waals surface area contributed by atoms with Crippen molar-refractivity contribution in [2.45, 2.75) is 44.8 Å². The quantitative estimate of drug-likeness (QED) is 0.241. The van der Waals surface area contributed by atoms with Gasteiger partial charge in [-0.25, -0.2) is 4.39 Å². The highest BCUT2D eigenvalue weighted by Gasteiger charge is 2.34. The average Bonchev–Trinajstić information content (AvgIpc) is 3.77. The molecule has 0 atom stereocenters. The Hall–Kier alpha value is -4.57. The second-order valence-corrected chi connectivity index (χ2v) is 10.7. The molecule has 1 saturated carbocycles. The van der Waals surface area contributed by atoms with Gasteiger partial charge in [-0.3, -0.25) is 23.9 Å². The van der Waals surface area contributed by atoms with Crippen molar-refractivity contribution in [1.82, 2.24) is 20.0 Å². The first-order valence-electron chi connectivity index (χ1n) is 13.6. The monoisotopic (exact) mass is 589 g/mol. The van der Waals surface area contributed by atoms with E-state index in [1.165, 1.54) is 21.7 Å². The zero-order valence-electron chi connectivity index (χ0n) is 22.7. The van der Waals surface area contributed by atoms with Gasteiger partial charge < -0.3 is 16.0 Å². The van der Waals surface area contributed by atoms with Gasteiger partial charge in [0.25, 0.3) is 5.91 Å². The van der Waals surface area contributed by atoms with Crippen molar-refractivity contribution in [3.05, 3.63) is 100.0 Å². The van der Waals surface area contributed by atoms with E-state index in [2.05, 4.69) is 10.4 Å². The Labute approximate surface area is 246 Å². The van der Waals surface area contributed by atoms with Crippen LogP contribution in [0, 0.1) is 5.82 Å². The second-order valence-electron chi connectivity index (χ2n) is 10.3. The molecule has 1 fully saturated rings. The molecule has 0 saturated heterocycles. The molecule has 3 amide bonds. The molecular formula is C31H29ClFN5O4. The van der Waals surface area contributed by atoms with E-state index in [4.69, 9.17) is 17.3 Å². The fraction of sp³-hybridized carbons (Fsp3) is 0.258. The van der Waals surface area contributed by atoms with E-state index in [0.717, 1.165) is 18.4 Å². The van der Waals surface area contributed by atoms with E-state index in [1.54, 1.807) is 24.3 Å². The number of carbonyl (C=O) groups excluding carboxylic acids is 4. The number of fused-ring (bicyclic) bond motifs is 1. The summed E-state index contributed by atoms with van der Waals surface area (Å²) in [6, 6.07) is 18.9. The topological polar surface area (TPSA) is 127 Å². The Balaban J connectivity index is 1.31. The number of halogens is 2. The van der Waals surface area contributed by atoms with Crippen LogP contribution in [0.25, 0.3) is 10.9 Å². The molecule has 1 aliphatic carbocycles. The molecular weight excluding hydrogens is 561 g/mol. The summed E-state index contributed by atoms with van der Waals surface area (Å²) in [5.74, 6) is -2.30. The summed E-state index contributed by atoms with van der Waals surface area (Å²) in [7, 11) is 0. The van der Waals surface area contributed by atoms with E-state index < -0.39 is 17.6 Å². The van der Waals surface area contributed by atoms with Crippen LogP contribution in [-0.4, -0.2) is 50.8 Å². The van der Waals surface area contributed by atoms with Crippen molar-refractivity contribution >= 4 is 46.0 Å². The molecule has 4 aromatic rings. The molecule has 1 aromatic heterocycles. The van der Waals surface area contributed by atoms with Gasteiger partial charge >= 0.3 is 0 Å². The number of ketones is 1. The van der Waals surface area contributed by atoms with Crippen LogP contribution in [0.2, 0.25) is 5.02 Å². The van der Waals surface area contributed by atoms with Gasteiger partial charge in [0, 0.05) is 35.5 Å². The van der Waals surface area contributed by atoms with Gasteiger partial charge in [-0.1, -0.05) is 60.1 Å². The van der Waals surface area contributed by atoms with Crippen LogP contribution in [0.4, 0.5) is 4.39 Å². The number of primary amides is 1. The van der Waals surface area contributed by atoms with Crippen LogP contribution in [0.5, 0.6) is 0 Å². The van der Waals surface area contributed by atoms with Gasteiger partial charge in [-0.2, -0.15) is 5.10 Å². The van der Waals surface area contributed by atoms with E-state index >= 15 is 0 Å². The first-order chi connectivity index (χ1) is 20.2. The molecule has 0 aliphatic heterocycles. The van der Waals surface area contributed by atoms with Gasteiger partial charge in [0.2, 0.25) is 11.8 Å². The number of nitrogens with two attached hydrogens (primary N) is 1. The smallest absolute Gasteiger partial charge is 0.269 e. The number of amides is 3. The van der Waals surface area contributed by atoms with Crippen LogP contribution >= 0.6 is 11.6 Å². The highest BCUT2D eigenvalue weighted by molar-refractivity contribution is 6.30. The van der Waals surface area contributed by atoms with Crippen LogP contribution in [0.1, 0.15) is 51.2 Å². The number of rotatable bonds is 12. The standard InChI is InChI=1S/C31H29ClFN5O4/c32-24-8-4-7-21(29(24)33)16-35-27(40)17-37(22-11-12-22)28(41)18-38-25-15-20(10-13-23(25)30(36-38)31(34)42)26(39)14-9-19-5-2-1-3-6-19/h1-8,10,13,15,22H,9,11-12,14,16-18H2,(H2,34,42)(H,35,40). The number of aromatic nitrogens is 2. The Morgan fingerprint density at radius 2 is 1.81 bits per heavy atom. The minimum absolute atomic E-state index is 0.0136. The Bertz CT molecular complexity index is 1670. The number of hydrogen-bond donors (Lipinski definition) is 2. The molecule has 1 heterocycles. The number of nitrogens with one attached hydrogen (secondary N) is 1. The van der Waals surface area contributed by atoms with Crippen LogP contribution < -0.4 is 11.1 Å². The van der Waals surface area contributed by atoms with Crippen LogP contribution in [0.15, 0.2) is 66.7 Å². The molecule has 0 unspecified atom stereocenters. The zero-order chi connectivity index (χ0) is 29.8. The van der Waals surface area contributed by atoms with Gasteiger partial charge in [-0.15, -0.1) is 0 Å². The van der Waals surface area contributed by atoms with E-state index in [1.807, 2.05) is 30.3 Å². The molecule has 42 heavy (non-hydrogen) atoms. The van der Waals surface area contributed by atoms with Gasteiger partial charge in [0.1, 0.15) is 12.4 Å². The number of benzene rings is 3. The van der Waals surface area contributed by atoms with Crippen molar-refractivity contribution in [1.29, 1.82) is 0 Å². The molecule has 11 heteroatoms. The highest BCUT2D eigenvalue weighted by Crippen LogP contribution is 2.28. The maximum atomic E-state index is 14.2. The van der Waals surface area contributed by atoms with E-state index in [0.29, 0.717) is 22.9 Å². The van der Waals surface area contributed by atoms with Crippen LogP contribution in [0.3, 0.4) is 0 Å². The number of hydrogen-bond acceptors (Lipinski definition) is 5. The highest BCUT2D eigenvalue weighted by atomic mass is 35.5. The molecule has 0 bridgehead atoms. The first kappa shape index (κ1) is 28.9. The number of nitrogens with zero attached hydrogens (tertiary/aromatic N) is 3. The number of Topliss-reactive ketones (excluding diaryl/α,β-unsaturated/α-hetero) is 1. The molecule has 3 aromatic carbocycles. The van der Waals surface area contributed by atoms with Crippen molar-refractivity contribution in [2.75, 3.05) is 6.54 Å². The third kappa shape index (κ3) is 6.66. The van der Waals surface area contributed by atoms with Gasteiger partial charge in [-0.05, 0) is 43.0 Å².